The molecule has 3 N–H and O–H groups in total. The topological polar surface area (TPSA) is 79.5 Å². The minimum Gasteiger partial charge on any atom is -0.497 e. The Balaban J connectivity index is 1.30. The van der Waals surface area contributed by atoms with Gasteiger partial charge >= 0.3 is 6.03 Å². The Hall–Kier alpha value is -2.67. The predicted molar refractivity (Wildman–Crippen MR) is 123 cm³/mol. The van der Waals surface area contributed by atoms with Gasteiger partial charge in [-0.1, -0.05) is 48.9 Å². The van der Waals surface area contributed by atoms with E-state index in [4.69, 9.17) is 4.74 Å². The maximum absolute atomic E-state index is 12.7. The van der Waals surface area contributed by atoms with E-state index in [9.17, 15) is 9.59 Å². The third-order valence-corrected chi connectivity index (χ3v) is 7.48. The Bertz CT molecular complexity index is 891. The molecule has 2 aromatic rings. The molecule has 2 heterocycles. The minimum atomic E-state index is -0.189. The van der Waals surface area contributed by atoms with Crippen molar-refractivity contribution >= 4 is 23.7 Å². The van der Waals surface area contributed by atoms with Crippen LogP contribution in [0.25, 0.3) is 0 Å². The fourth-order valence-corrected chi connectivity index (χ4v) is 5.85. The van der Waals surface area contributed by atoms with Gasteiger partial charge in [-0.05, 0) is 36.1 Å². The van der Waals surface area contributed by atoms with Gasteiger partial charge in [-0.15, -0.1) is 0 Å². The third-order valence-electron chi connectivity index (χ3n) is 5.97. The highest BCUT2D eigenvalue weighted by Gasteiger charge is 2.42. The third kappa shape index (κ3) is 5.34. The van der Waals surface area contributed by atoms with Crippen molar-refractivity contribution in [1.82, 2.24) is 16.0 Å². The lowest BCUT2D eigenvalue weighted by molar-refractivity contribution is -0.121. The molecule has 0 aromatic heterocycles. The lowest BCUT2D eigenvalue weighted by atomic mass is 9.98. The first kappa shape index (κ1) is 21.6. The van der Waals surface area contributed by atoms with Crippen LogP contribution in [0, 0.1) is 0 Å². The van der Waals surface area contributed by atoms with Crippen molar-refractivity contribution in [2.45, 2.75) is 49.1 Å². The number of thioether (sulfide) groups is 1. The Morgan fingerprint density at radius 3 is 2.58 bits per heavy atom. The zero-order valence-electron chi connectivity index (χ0n) is 17.7. The number of hydrogen-bond acceptors (Lipinski definition) is 4. The number of ether oxygens (including phenoxy) is 1. The van der Waals surface area contributed by atoms with Gasteiger partial charge in [-0.2, -0.15) is 11.8 Å². The first-order chi connectivity index (χ1) is 15.1. The van der Waals surface area contributed by atoms with Crippen LogP contribution in [0.1, 0.15) is 42.9 Å². The van der Waals surface area contributed by atoms with Crippen molar-refractivity contribution in [3.63, 3.8) is 0 Å². The molecular formula is C24H29N3O3S. The van der Waals surface area contributed by atoms with Crippen molar-refractivity contribution < 1.29 is 14.3 Å². The fraction of sp³-hybridized carbons (Fsp3) is 0.417. The molecular weight excluding hydrogens is 410 g/mol. The summed E-state index contributed by atoms with van der Waals surface area (Å²) in [5.41, 5.74) is 2.08. The number of unbranched alkanes of at least 4 members (excludes halogenated alkanes) is 1. The second-order valence-corrected chi connectivity index (χ2v) is 9.32. The highest BCUT2D eigenvalue weighted by atomic mass is 32.2. The molecule has 0 spiro atoms. The van der Waals surface area contributed by atoms with Gasteiger partial charge in [0, 0.05) is 17.4 Å². The number of carbonyl (C=O) groups is 2. The largest absolute Gasteiger partial charge is 0.497 e. The number of amides is 3. The maximum atomic E-state index is 12.7. The van der Waals surface area contributed by atoms with Crippen LogP contribution in [0.5, 0.6) is 5.75 Å². The number of urea groups is 1. The van der Waals surface area contributed by atoms with E-state index in [-0.39, 0.29) is 30.1 Å². The Morgan fingerprint density at radius 2 is 1.84 bits per heavy atom. The van der Waals surface area contributed by atoms with Gasteiger partial charge in [0.05, 0.1) is 25.2 Å². The van der Waals surface area contributed by atoms with E-state index in [2.05, 4.69) is 16.0 Å². The molecule has 4 atom stereocenters. The molecule has 3 amide bonds. The van der Waals surface area contributed by atoms with Crippen LogP contribution < -0.4 is 20.7 Å². The molecule has 31 heavy (non-hydrogen) atoms. The van der Waals surface area contributed by atoms with E-state index in [1.54, 1.807) is 7.11 Å². The first-order valence-corrected chi connectivity index (χ1v) is 11.9. The van der Waals surface area contributed by atoms with E-state index in [0.29, 0.717) is 11.7 Å². The zero-order chi connectivity index (χ0) is 21.6. The molecule has 6 nitrogen and oxygen atoms in total. The molecule has 164 valence electrons. The summed E-state index contributed by atoms with van der Waals surface area (Å²) in [7, 11) is 1.65. The summed E-state index contributed by atoms with van der Waals surface area (Å²) in [5, 5.41) is 9.64. The number of rotatable bonds is 9. The van der Waals surface area contributed by atoms with Gasteiger partial charge in [0.15, 0.2) is 0 Å². The second-order valence-electron chi connectivity index (χ2n) is 8.05. The van der Waals surface area contributed by atoms with E-state index in [1.807, 2.05) is 66.4 Å². The lowest BCUT2D eigenvalue weighted by Gasteiger charge is -2.20. The number of carbonyl (C=O) groups excluding carboxylic acids is 2. The molecule has 2 aromatic carbocycles. The summed E-state index contributed by atoms with van der Waals surface area (Å²) in [6, 6.07) is 18.1. The van der Waals surface area contributed by atoms with Crippen molar-refractivity contribution in [2.24, 2.45) is 0 Å². The van der Waals surface area contributed by atoms with Crippen molar-refractivity contribution in [3.8, 4) is 5.75 Å². The van der Waals surface area contributed by atoms with Crippen LogP contribution in [0.2, 0.25) is 0 Å². The quantitative estimate of drug-likeness (QED) is 0.412. The number of fused-ring (bicyclic) bond motifs is 1. The first-order valence-electron chi connectivity index (χ1n) is 10.8. The molecule has 0 aliphatic carbocycles. The predicted octanol–water partition coefficient (Wildman–Crippen LogP) is 3.63. The average molecular weight is 440 g/mol. The monoisotopic (exact) mass is 439 g/mol. The summed E-state index contributed by atoms with van der Waals surface area (Å²) < 4.78 is 5.26. The van der Waals surface area contributed by atoms with Gasteiger partial charge in [0.1, 0.15) is 5.75 Å². The van der Waals surface area contributed by atoms with Crippen LogP contribution in [0.15, 0.2) is 54.6 Å². The Morgan fingerprint density at radius 1 is 1.10 bits per heavy atom. The summed E-state index contributed by atoms with van der Waals surface area (Å²) in [5.74, 6) is 1.81. The molecule has 7 heteroatoms. The molecule has 2 aliphatic rings. The van der Waals surface area contributed by atoms with Gasteiger partial charge in [0.25, 0.3) is 0 Å². The van der Waals surface area contributed by atoms with Gasteiger partial charge in [-0.3, -0.25) is 4.79 Å². The SMILES string of the molecule is COc1ccc([C@@H](NC(=O)CCCC[C@@H]2SC[C@@H]3NC(=O)N[C@@H]32)c2ccccc2)cc1. The van der Waals surface area contributed by atoms with Crippen LogP contribution in [0.4, 0.5) is 4.79 Å². The molecule has 0 bridgehead atoms. The van der Waals surface area contributed by atoms with Crippen molar-refractivity contribution in [2.75, 3.05) is 12.9 Å². The summed E-state index contributed by atoms with van der Waals surface area (Å²) in [6.45, 7) is 0. The average Bonchev–Trinajstić information content (AvgIpc) is 3.35. The molecule has 2 saturated heterocycles. The number of methoxy groups -OCH3 is 1. The zero-order valence-corrected chi connectivity index (χ0v) is 18.5. The fourth-order valence-electron chi connectivity index (χ4n) is 4.31. The van der Waals surface area contributed by atoms with Crippen LogP contribution in [-0.2, 0) is 4.79 Å². The second kappa shape index (κ2) is 10.1. The molecule has 0 saturated carbocycles. The van der Waals surface area contributed by atoms with Gasteiger partial charge in [0.2, 0.25) is 5.91 Å². The Kier molecular flexibility index (Phi) is 7.02. The molecule has 0 unspecified atom stereocenters. The summed E-state index contributed by atoms with van der Waals surface area (Å²) >= 11 is 1.92. The van der Waals surface area contributed by atoms with Gasteiger partial charge < -0.3 is 20.7 Å². The number of benzene rings is 2. The van der Waals surface area contributed by atoms with Crippen LogP contribution in [-0.4, -0.2) is 42.1 Å². The Labute approximate surface area is 187 Å². The summed E-state index contributed by atoms with van der Waals surface area (Å²) in [6.07, 6.45) is 3.33. The maximum Gasteiger partial charge on any atom is 0.315 e. The van der Waals surface area contributed by atoms with Crippen molar-refractivity contribution in [1.29, 1.82) is 0 Å². The van der Waals surface area contributed by atoms with Crippen LogP contribution in [0.3, 0.4) is 0 Å². The molecule has 0 radical (unpaired) electrons. The van der Waals surface area contributed by atoms with E-state index >= 15 is 0 Å². The standard InChI is InChI=1S/C24H29N3O3S/c1-30-18-13-11-17(12-14-18)22(16-7-3-2-4-8-16)26-21(28)10-6-5-9-20-23-19(15-31-20)25-24(29)27-23/h2-4,7-8,11-14,19-20,22-23H,5-6,9-10,15H2,1H3,(H,26,28)(H2,25,27,29)/t19-,20-,22-,23-/m0/s1. The number of nitrogens with one attached hydrogen (secondary N) is 3. The van der Waals surface area contributed by atoms with Crippen molar-refractivity contribution in [3.05, 3.63) is 65.7 Å². The van der Waals surface area contributed by atoms with E-state index in [0.717, 1.165) is 41.9 Å². The highest BCUT2D eigenvalue weighted by molar-refractivity contribution is 8.00. The minimum absolute atomic E-state index is 0.0508. The smallest absolute Gasteiger partial charge is 0.315 e. The summed E-state index contributed by atoms with van der Waals surface area (Å²) in [4.78, 5) is 24.2. The highest BCUT2D eigenvalue weighted by Crippen LogP contribution is 2.33. The van der Waals surface area contributed by atoms with E-state index in [1.165, 1.54) is 0 Å². The normalized spacial score (nSPS) is 22.9. The molecule has 4 rings (SSSR count). The van der Waals surface area contributed by atoms with Crippen LogP contribution >= 0.6 is 11.8 Å². The number of hydrogen-bond donors (Lipinski definition) is 3. The van der Waals surface area contributed by atoms with E-state index < -0.39 is 0 Å². The molecule has 2 aliphatic heterocycles. The van der Waals surface area contributed by atoms with Gasteiger partial charge in [-0.25, -0.2) is 4.79 Å². The molecule has 2 fully saturated rings. The lowest BCUT2D eigenvalue weighted by Crippen LogP contribution is -2.36.